The summed E-state index contributed by atoms with van der Waals surface area (Å²) in [4.78, 5) is 7.72. The van der Waals surface area contributed by atoms with Gasteiger partial charge in [0.15, 0.2) is 0 Å². The lowest BCUT2D eigenvalue weighted by Gasteiger charge is -2.01. The average Bonchev–Trinajstić information content (AvgIpc) is 2.17. The van der Waals surface area contributed by atoms with Crippen molar-refractivity contribution in [1.29, 1.82) is 0 Å². The molecule has 0 aliphatic rings. The molecule has 0 N–H and O–H groups in total. The minimum absolute atomic E-state index is 0.281. The smallest absolute Gasteiger partial charge is 0.141 e. The molecule has 2 aromatic heterocycles. The van der Waals surface area contributed by atoms with Crippen molar-refractivity contribution in [3.63, 3.8) is 0 Å². The molecule has 0 spiro atoms. The van der Waals surface area contributed by atoms with Crippen molar-refractivity contribution in [2.24, 2.45) is 0 Å². The van der Waals surface area contributed by atoms with E-state index in [0.717, 1.165) is 6.20 Å². The largest absolute Gasteiger partial charge is 0.253 e. The van der Waals surface area contributed by atoms with Crippen LogP contribution >= 0.6 is 23.2 Å². The van der Waals surface area contributed by atoms with Crippen molar-refractivity contribution in [2.75, 3.05) is 0 Å². The van der Waals surface area contributed by atoms with Gasteiger partial charge in [0.25, 0.3) is 0 Å². The van der Waals surface area contributed by atoms with Gasteiger partial charge in [-0.3, -0.25) is 4.98 Å². The van der Waals surface area contributed by atoms with Crippen LogP contribution in [-0.4, -0.2) is 9.97 Å². The summed E-state index contributed by atoms with van der Waals surface area (Å²) in [6.45, 7) is 0. The van der Waals surface area contributed by atoms with E-state index >= 15 is 0 Å². The van der Waals surface area contributed by atoms with E-state index in [-0.39, 0.29) is 16.1 Å². The molecule has 0 saturated heterocycles. The van der Waals surface area contributed by atoms with Crippen molar-refractivity contribution in [3.05, 3.63) is 46.6 Å². The second kappa shape index (κ2) is 4.13. The lowest BCUT2D eigenvalue weighted by Crippen LogP contribution is -1.86. The Morgan fingerprint density at radius 3 is 2.27 bits per heavy atom. The fraction of sp³-hybridized carbons (Fsp3) is 0. The van der Waals surface area contributed by atoms with Crippen molar-refractivity contribution in [2.45, 2.75) is 0 Å². The van der Waals surface area contributed by atoms with Gasteiger partial charge in [-0.15, -0.1) is 0 Å². The zero-order chi connectivity index (χ0) is 10.8. The van der Waals surface area contributed by atoms with Crippen LogP contribution in [0.15, 0.2) is 30.5 Å². The zero-order valence-corrected chi connectivity index (χ0v) is 8.93. The van der Waals surface area contributed by atoms with Crippen LogP contribution in [0.5, 0.6) is 0 Å². The number of rotatable bonds is 1. The van der Waals surface area contributed by atoms with Gasteiger partial charge in [0.05, 0.1) is 11.9 Å². The van der Waals surface area contributed by atoms with Gasteiger partial charge in [-0.2, -0.15) is 0 Å². The Morgan fingerprint density at radius 1 is 1.07 bits per heavy atom. The lowest BCUT2D eigenvalue weighted by atomic mass is 10.2. The number of halogens is 3. The molecule has 5 heteroatoms. The van der Waals surface area contributed by atoms with E-state index in [1.807, 2.05) is 0 Å². The Bertz CT molecular complexity index is 465. The van der Waals surface area contributed by atoms with Crippen LogP contribution in [0.1, 0.15) is 0 Å². The summed E-state index contributed by atoms with van der Waals surface area (Å²) in [6, 6.07) is 6.11. The Kier molecular flexibility index (Phi) is 2.84. The van der Waals surface area contributed by atoms with E-state index in [1.54, 1.807) is 18.2 Å². The molecule has 0 aliphatic heterocycles. The van der Waals surface area contributed by atoms with Crippen LogP contribution < -0.4 is 0 Å². The monoisotopic (exact) mass is 242 g/mol. The van der Waals surface area contributed by atoms with E-state index < -0.39 is 0 Å². The van der Waals surface area contributed by atoms with Gasteiger partial charge in [0.2, 0.25) is 0 Å². The van der Waals surface area contributed by atoms with Crippen molar-refractivity contribution in [3.8, 4) is 11.3 Å². The van der Waals surface area contributed by atoms with E-state index in [2.05, 4.69) is 9.97 Å². The Hall–Kier alpha value is -1.19. The molecule has 0 aromatic carbocycles. The van der Waals surface area contributed by atoms with Crippen LogP contribution in [-0.2, 0) is 0 Å². The topological polar surface area (TPSA) is 25.8 Å². The van der Waals surface area contributed by atoms with Crippen LogP contribution in [0.25, 0.3) is 11.3 Å². The van der Waals surface area contributed by atoms with E-state index in [9.17, 15) is 4.39 Å². The summed E-state index contributed by atoms with van der Waals surface area (Å²) >= 11 is 11.5. The molecular weight excluding hydrogens is 238 g/mol. The molecule has 2 nitrogen and oxygen atoms in total. The van der Waals surface area contributed by atoms with Crippen LogP contribution in [0, 0.1) is 5.82 Å². The molecule has 2 rings (SSSR count). The third-order valence-electron chi connectivity index (χ3n) is 1.79. The summed E-state index contributed by atoms with van der Waals surface area (Å²) < 4.78 is 12.6. The van der Waals surface area contributed by atoms with E-state index in [4.69, 9.17) is 23.2 Å². The highest BCUT2D eigenvalue weighted by molar-refractivity contribution is 6.32. The SMILES string of the molecule is Fc1ccc(-c2cc(Cl)nc(Cl)c2)nc1. The molecule has 76 valence electrons. The number of pyridine rings is 2. The van der Waals surface area contributed by atoms with Gasteiger partial charge in [-0.1, -0.05) is 23.2 Å². The maximum absolute atomic E-state index is 12.6. The normalized spacial score (nSPS) is 10.3. The molecule has 0 atom stereocenters. The quantitative estimate of drug-likeness (QED) is 0.715. The first-order valence-corrected chi connectivity index (χ1v) is 4.86. The first kappa shape index (κ1) is 10.3. The van der Waals surface area contributed by atoms with Crippen LogP contribution in [0.2, 0.25) is 10.3 Å². The lowest BCUT2D eigenvalue weighted by molar-refractivity contribution is 0.622. The Labute approximate surface area is 95.7 Å². The average molecular weight is 243 g/mol. The third-order valence-corrected chi connectivity index (χ3v) is 2.17. The predicted octanol–water partition coefficient (Wildman–Crippen LogP) is 3.59. The van der Waals surface area contributed by atoms with Crippen molar-refractivity contribution >= 4 is 23.2 Å². The fourth-order valence-corrected chi connectivity index (χ4v) is 1.62. The Morgan fingerprint density at radius 2 is 1.73 bits per heavy atom. The maximum atomic E-state index is 12.6. The fourth-order valence-electron chi connectivity index (χ4n) is 1.16. The molecule has 0 unspecified atom stereocenters. The molecule has 2 heterocycles. The summed E-state index contributed by atoms with van der Waals surface area (Å²) in [5.41, 5.74) is 1.31. The molecule has 0 fully saturated rings. The van der Waals surface area contributed by atoms with Crippen molar-refractivity contribution < 1.29 is 4.39 Å². The minimum atomic E-state index is -0.384. The highest BCUT2D eigenvalue weighted by Gasteiger charge is 2.03. The van der Waals surface area contributed by atoms with E-state index in [0.29, 0.717) is 11.3 Å². The van der Waals surface area contributed by atoms with Crippen LogP contribution in [0.3, 0.4) is 0 Å². The van der Waals surface area contributed by atoms with Gasteiger partial charge in [-0.25, -0.2) is 9.37 Å². The molecule has 2 aromatic rings. The van der Waals surface area contributed by atoms with Crippen LogP contribution in [0.4, 0.5) is 4.39 Å². The second-order valence-electron chi connectivity index (χ2n) is 2.86. The highest BCUT2D eigenvalue weighted by atomic mass is 35.5. The summed E-state index contributed by atoms with van der Waals surface area (Å²) in [6.07, 6.45) is 1.14. The minimum Gasteiger partial charge on any atom is -0.253 e. The zero-order valence-electron chi connectivity index (χ0n) is 7.42. The molecule has 0 bridgehead atoms. The molecule has 15 heavy (non-hydrogen) atoms. The number of nitrogens with zero attached hydrogens (tertiary/aromatic N) is 2. The molecular formula is C10H5Cl2FN2. The summed E-state index contributed by atoms with van der Waals surface area (Å²) in [5, 5.41) is 0.562. The van der Waals surface area contributed by atoms with Crippen molar-refractivity contribution in [1.82, 2.24) is 9.97 Å². The van der Waals surface area contributed by atoms with Gasteiger partial charge in [-0.05, 0) is 24.3 Å². The maximum Gasteiger partial charge on any atom is 0.141 e. The molecule has 0 amide bonds. The predicted molar refractivity (Wildman–Crippen MR) is 57.4 cm³/mol. The first-order chi connectivity index (χ1) is 7.15. The standard InChI is InChI=1S/C10H5Cl2FN2/c11-9-3-6(4-10(12)15-9)8-2-1-7(13)5-14-8/h1-5H. The first-order valence-electron chi connectivity index (χ1n) is 4.10. The van der Waals surface area contributed by atoms with E-state index in [1.165, 1.54) is 6.07 Å². The van der Waals surface area contributed by atoms with Gasteiger partial charge < -0.3 is 0 Å². The Balaban J connectivity index is 2.49. The molecule has 0 saturated carbocycles. The molecule has 0 aliphatic carbocycles. The third kappa shape index (κ3) is 2.43. The van der Waals surface area contributed by atoms with Gasteiger partial charge in [0, 0.05) is 5.56 Å². The second-order valence-corrected chi connectivity index (χ2v) is 3.64. The van der Waals surface area contributed by atoms with Gasteiger partial charge in [0.1, 0.15) is 16.1 Å². The number of aromatic nitrogens is 2. The number of hydrogen-bond acceptors (Lipinski definition) is 2. The molecule has 0 radical (unpaired) electrons. The summed E-state index contributed by atoms with van der Waals surface area (Å²) in [7, 11) is 0. The summed E-state index contributed by atoms with van der Waals surface area (Å²) in [5.74, 6) is -0.384. The highest BCUT2D eigenvalue weighted by Crippen LogP contribution is 2.23. The number of hydrogen-bond donors (Lipinski definition) is 0. The van der Waals surface area contributed by atoms with Gasteiger partial charge >= 0.3 is 0 Å².